The van der Waals surface area contributed by atoms with E-state index < -0.39 is 14.4 Å². The van der Waals surface area contributed by atoms with Gasteiger partial charge in [0.2, 0.25) is 11.2 Å². The fourth-order valence-corrected chi connectivity index (χ4v) is 4.58. The number of hydrogen-bond donors (Lipinski definition) is 1. The number of alkyl halides is 3. The van der Waals surface area contributed by atoms with Crippen molar-refractivity contribution in [3.8, 4) is 5.75 Å². The summed E-state index contributed by atoms with van der Waals surface area (Å²) < 4.78 is 49.7. The number of ether oxygens (including phenoxy) is 2. The summed E-state index contributed by atoms with van der Waals surface area (Å²) in [5.74, 6) is 0.472. The molecule has 9 nitrogen and oxygen atoms in total. The lowest BCUT2D eigenvalue weighted by Crippen LogP contribution is -2.27. The highest BCUT2D eigenvalue weighted by molar-refractivity contribution is 6.76. The number of aromatic nitrogens is 5. The Morgan fingerprint density at radius 1 is 1.05 bits per heavy atom. The van der Waals surface area contributed by atoms with E-state index in [0.717, 1.165) is 6.04 Å². The third-order valence-corrected chi connectivity index (χ3v) is 7.67. The van der Waals surface area contributed by atoms with Crippen molar-refractivity contribution in [2.75, 3.05) is 23.6 Å². The summed E-state index contributed by atoms with van der Waals surface area (Å²) in [4.78, 5) is 18.9. The van der Waals surface area contributed by atoms with E-state index in [1.54, 1.807) is 28.8 Å². The van der Waals surface area contributed by atoms with Gasteiger partial charge in [0.25, 0.3) is 0 Å². The Kier molecular flexibility index (Phi) is 8.54. The average molecular weight is 601 g/mol. The van der Waals surface area contributed by atoms with Crippen LogP contribution in [0.1, 0.15) is 0 Å². The Labute approximate surface area is 233 Å². The van der Waals surface area contributed by atoms with E-state index in [0.29, 0.717) is 40.9 Å². The van der Waals surface area contributed by atoms with E-state index >= 15 is 0 Å². The maximum atomic E-state index is 12.7. The van der Waals surface area contributed by atoms with Crippen molar-refractivity contribution < 1.29 is 22.6 Å². The first-order valence-electron chi connectivity index (χ1n) is 11.8. The smallest absolute Gasteiger partial charge is 0.406 e. The molecule has 0 saturated heterocycles. The van der Waals surface area contributed by atoms with Gasteiger partial charge in [-0.25, -0.2) is 15.0 Å². The van der Waals surface area contributed by atoms with Crippen LogP contribution in [0.5, 0.6) is 5.75 Å². The lowest BCUT2D eigenvalue weighted by Gasteiger charge is -2.25. The second-order valence-electron chi connectivity index (χ2n) is 9.82. The maximum Gasteiger partial charge on any atom is 0.573 e. The van der Waals surface area contributed by atoms with Gasteiger partial charge in [-0.05, 0) is 48.0 Å². The summed E-state index contributed by atoms with van der Waals surface area (Å²) in [7, 11) is 0.461. The van der Waals surface area contributed by atoms with E-state index in [4.69, 9.17) is 32.9 Å². The van der Waals surface area contributed by atoms with Gasteiger partial charge in [0, 0.05) is 27.4 Å². The number of aryl methyl sites for hydroxylation is 1. The number of anilines is 4. The third kappa shape index (κ3) is 7.72. The zero-order valence-corrected chi connectivity index (χ0v) is 24.1. The molecule has 4 aromatic rings. The molecule has 4 rings (SSSR count). The Bertz CT molecular complexity index is 1450. The molecule has 0 aliphatic rings. The molecular weight excluding hydrogens is 574 g/mol. The first kappa shape index (κ1) is 28.9. The zero-order valence-electron chi connectivity index (χ0n) is 21.6. The second kappa shape index (κ2) is 11.5. The van der Waals surface area contributed by atoms with Crippen LogP contribution in [0, 0.1) is 0 Å². The molecule has 0 aliphatic heterocycles. The molecule has 0 aliphatic carbocycles. The van der Waals surface area contributed by atoms with E-state index in [2.05, 4.69) is 44.6 Å². The van der Waals surface area contributed by atoms with Gasteiger partial charge in [-0.2, -0.15) is 4.98 Å². The summed E-state index contributed by atoms with van der Waals surface area (Å²) in [5, 5.41) is 3.37. The van der Waals surface area contributed by atoms with Gasteiger partial charge in [-0.1, -0.05) is 31.2 Å². The van der Waals surface area contributed by atoms with Crippen molar-refractivity contribution in [1.29, 1.82) is 0 Å². The van der Waals surface area contributed by atoms with Crippen molar-refractivity contribution in [2.45, 2.75) is 32.0 Å². The summed E-state index contributed by atoms with van der Waals surface area (Å²) in [5.41, 5.74) is 2.26. The number of benzene rings is 1. The quantitative estimate of drug-likeness (QED) is 0.0888. The van der Waals surface area contributed by atoms with Gasteiger partial charge in [0.05, 0.1) is 18.1 Å². The molecule has 1 aromatic carbocycles. The highest BCUT2D eigenvalue weighted by Gasteiger charge is 2.31. The number of halogens is 5. The second-order valence-corrected chi connectivity index (χ2v) is 16.2. The van der Waals surface area contributed by atoms with Crippen molar-refractivity contribution in [3.05, 3.63) is 53.0 Å². The van der Waals surface area contributed by atoms with E-state index in [1.807, 2.05) is 0 Å². The molecule has 208 valence electrons. The molecule has 39 heavy (non-hydrogen) atoms. The van der Waals surface area contributed by atoms with Crippen LogP contribution in [0.4, 0.5) is 36.3 Å². The number of nitrogens with one attached hydrogen (secondary N) is 1. The molecule has 1 N–H and O–H groups in total. The topological polar surface area (TPSA) is 90.2 Å². The number of pyridine rings is 1. The van der Waals surface area contributed by atoms with Crippen LogP contribution in [0.2, 0.25) is 36.0 Å². The van der Waals surface area contributed by atoms with Gasteiger partial charge in [0.1, 0.15) is 23.0 Å². The van der Waals surface area contributed by atoms with Gasteiger partial charge >= 0.3 is 6.36 Å². The SMILES string of the molecule is Cn1c(N(COCC[Si](C)(C)C)c2ccc(OC(F)(F)F)cc2)nc2cc(Nc3nc(Cl)ncc3Cl)cnc21. The number of nitrogens with zero attached hydrogens (tertiary/aromatic N) is 6. The number of fused-ring (bicyclic) bond motifs is 1. The molecule has 0 radical (unpaired) electrons. The van der Waals surface area contributed by atoms with E-state index in [-0.39, 0.29) is 22.8 Å². The normalized spacial score (nSPS) is 12.1. The molecule has 0 atom stereocenters. The molecule has 0 spiro atoms. The van der Waals surface area contributed by atoms with Gasteiger partial charge in [-0.3, -0.25) is 9.47 Å². The fourth-order valence-electron chi connectivity index (χ4n) is 3.55. The molecular formula is C24H26Cl2F3N7O2Si. The summed E-state index contributed by atoms with van der Waals surface area (Å²) in [6.07, 6.45) is -1.80. The van der Waals surface area contributed by atoms with Gasteiger partial charge in [-0.15, -0.1) is 13.2 Å². The van der Waals surface area contributed by atoms with Gasteiger partial charge < -0.3 is 14.8 Å². The van der Waals surface area contributed by atoms with Crippen molar-refractivity contribution >= 4 is 65.6 Å². The van der Waals surface area contributed by atoms with Crippen LogP contribution in [-0.4, -0.2) is 52.3 Å². The average Bonchev–Trinajstić information content (AvgIpc) is 3.16. The standard InChI is InChI=1S/C24H26Cl2F3N7O2Si/c1-35-21-19(11-15(12-30-21)32-20-18(25)13-31-22(26)34-20)33-23(35)36(14-37-9-10-39(2,3)4)16-5-7-17(8-6-16)38-24(27,28)29/h5-8,11-13H,9-10,14H2,1-4H3,(H,31,32,34). The Balaban J connectivity index is 1.65. The van der Waals surface area contributed by atoms with Crippen LogP contribution in [0.3, 0.4) is 0 Å². The predicted octanol–water partition coefficient (Wildman–Crippen LogP) is 7.16. The lowest BCUT2D eigenvalue weighted by molar-refractivity contribution is -0.274. The van der Waals surface area contributed by atoms with E-state index in [1.165, 1.54) is 30.5 Å². The molecule has 3 aromatic heterocycles. The minimum atomic E-state index is -4.78. The van der Waals surface area contributed by atoms with Crippen LogP contribution >= 0.6 is 23.2 Å². The van der Waals surface area contributed by atoms with Crippen molar-refractivity contribution in [1.82, 2.24) is 24.5 Å². The number of rotatable bonds is 10. The third-order valence-electron chi connectivity index (χ3n) is 5.50. The summed E-state index contributed by atoms with van der Waals surface area (Å²) in [6, 6.07) is 8.25. The molecule has 0 bridgehead atoms. The van der Waals surface area contributed by atoms with Crippen molar-refractivity contribution in [3.63, 3.8) is 0 Å². The lowest BCUT2D eigenvalue weighted by atomic mass is 10.3. The highest BCUT2D eigenvalue weighted by atomic mass is 35.5. The Morgan fingerprint density at radius 2 is 1.77 bits per heavy atom. The van der Waals surface area contributed by atoms with E-state index in [9.17, 15) is 13.2 Å². The predicted molar refractivity (Wildman–Crippen MR) is 148 cm³/mol. The van der Waals surface area contributed by atoms with Crippen LogP contribution in [-0.2, 0) is 11.8 Å². The molecule has 0 saturated carbocycles. The first-order chi connectivity index (χ1) is 18.3. The highest BCUT2D eigenvalue weighted by Crippen LogP contribution is 2.32. The number of imidazole rings is 1. The minimum absolute atomic E-state index is 0.0347. The molecule has 0 fully saturated rings. The first-order valence-corrected chi connectivity index (χ1v) is 16.2. The molecule has 15 heteroatoms. The Morgan fingerprint density at radius 3 is 2.44 bits per heavy atom. The van der Waals surface area contributed by atoms with Crippen molar-refractivity contribution in [2.24, 2.45) is 7.05 Å². The van der Waals surface area contributed by atoms with Crippen LogP contribution < -0.4 is 15.0 Å². The largest absolute Gasteiger partial charge is 0.573 e. The Hall–Kier alpha value is -3.13. The molecule has 0 unspecified atom stereocenters. The summed E-state index contributed by atoms with van der Waals surface area (Å²) in [6.45, 7) is 7.41. The zero-order chi connectivity index (χ0) is 28.4. The van der Waals surface area contributed by atoms with Gasteiger partial charge in [0.15, 0.2) is 11.5 Å². The van der Waals surface area contributed by atoms with Crippen LogP contribution in [0.25, 0.3) is 11.2 Å². The fraction of sp³-hybridized carbons (Fsp3) is 0.333. The minimum Gasteiger partial charge on any atom is -0.406 e. The summed E-state index contributed by atoms with van der Waals surface area (Å²) >= 11 is 12.0. The maximum absolute atomic E-state index is 12.7. The van der Waals surface area contributed by atoms with Crippen LogP contribution in [0.15, 0.2) is 42.7 Å². The molecule has 0 amide bonds. The monoisotopic (exact) mass is 599 g/mol. The number of hydrogen-bond acceptors (Lipinski definition) is 8. The molecule has 3 heterocycles.